The van der Waals surface area contributed by atoms with Gasteiger partial charge in [-0.2, -0.15) is 5.10 Å². The van der Waals surface area contributed by atoms with Gasteiger partial charge < -0.3 is 0 Å². The lowest BCUT2D eigenvalue weighted by atomic mass is 10.0. The van der Waals surface area contributed by atoms with Gasteiger partial charge in [0.1, 0.15) is 0 Å². The third-order valence-electron chi connectivity index (χ3n) is 2.40. The van der Waals surface area contributed by atoms with Gasteiger partial charge in [0.05, 0.1) is 5.52 Å². The molecule has 2 nitrogen and oxygen atoms in total. The zero-order valence-corrected chi connectivity index (χ0v) is 8.28. The van der Waals surface area contributed by atoms with E-state index in [1.165, 1.54) is 16.6 Å². The Hall–Kier alpha value is -1.31. The summed E-state index contributed by atoms with van der Waals surface area (Å²) < 4.78 is 1.93. The fourth-order valence-corrected chi connectivity index (χ4v) is 1.69. The molecule has 13 heavy (non-hydrogen) atoms. The fourth-order valence-electron chi connectivity index (χ4n) is 1.69. The molecule has 0 saturated carbocycles. The summed E-state index contributed by atoms with van der Waals surface area (Å²) in [5.74, 6) is 0.564. The molecule has 68 valence electrons. The molecule has 0 aliphatic carbocycles. The highest BCUT2D eigenvalue weighted by molar-refractivity contribution is 5.49. The summed E-state index contributed by atoms with van der Waals surface area (Å²) in [5, 5.41) is 4.22. The van der Waals surface area contributed by atoms with Gasteiger partial charge in [0.2, 0.25) is 0 Å². The van der Waals surface area contributed by atoms with Crippen molar-refractivity contribution in [2.24, 2.45) is 0 Å². The van der Waals surface area contributed by atoms with Crippen LogP contribution in [0.3, 0.4) is 0 Å². The second kappa shape index (κ2) is 2.87. The standard InChI is InChI=1S/C11H14N2/c1-8(2)11-7-13-10(4-5-12-13)6-9(11)3/h4-8H,1-3H3. The Morgan fingerprint density at radius 3 is 2.85 bits per heavy atom. The zero-order valence-electron chi connectivity index (χ0n) is 8.28. The maximum absolute atomic E-state index is 4.22. The molecular formula is C11H14N2. The first-order valence-corrected chi connectivity index (χ1v) is 4.62. The van der Waals surface area contributed by atoms with Crippen LogP contribution in [0.5, 0.6) is 0 Å². The molecule has 0 aliphatic rings. The number of aryl methyl sites for hydroxylation is 1. The van der Waals surface area contributed by atoms with Crippen LogP contribution in [0, 0.1) is 6.92 Å². The molecule has 0 saturated heterocycles. The monoisotopic (exact) mass is 174 g/mol. The van der Waals surface area contributed by atoms with E-state index in [0.29, 0.717) is 5.92 Å². The van der Waals surface area contributed by atoms with E-state index in [2.05, 4.69) is 38.1 Å². The molecule has 2 rings (SSSR count). The molecule has 0 amide bonds. The Labute approximate surface area is 78.2 Å². The van der Waals surface area contributed by atoms with Crippen molar-refractivity contribution in [1.29, 1.82) is 0 Å². The molecule has 2 heteroatoms. The van der Waals surface area contributed by atoms with Gasteiger partial charge in [-0.05, 0) is 36.1 Å². The van der Waals surface area contributed by atoms with Crippen molar-refractivity contribution in [3.8, 4) is 0 Å². The highest BCUT2D eigenvalue weighted by atomic mass is 15.2. The van der Waals surface area contributed by atoms with Crippen LogP contribution in [-0.4, -0.2) is 9.61 Å². The van der Waals surface area contributed by atoms with Crippen molar-refractivity contribution >= 4 is 5.52 Å². The second-order valence-electron chi connectivity index (χ2n) is 3.77. The van der Waals surface area contributed by atoms with Crippen LogP contribution >= 0.6 is 0 Å². The topological polar surface area (TPSA) is 17.3 Å². The molecule has 0 aromatic carbocycles. The Balaban J connectivity index is 2.69. The molecule has 0 atom stereocenters. The number of hydrogen-bond acceptors (Lipinski definition) is 1. The molecule has 0 unspecified atom stereocenters. The van der Waals surface area contributed by atoms with E-state index < -0.39 is 0 Å². The van der Waals surface area contributed by atoms with E-state index in [0.717, 1.165) is 0 Å². The molecule has 0 spiro atoms. The van der Waals surface area contributed by atoms with Gasteiger partial charge in [0.25, 0.3) is 0 Å². The van der Waals surface area contributed by atoms with Crippen LogP contribution in [0.1, 0.15) is 30.9 Å². The van der Waals surface area contributed by atoms with Gasteiger partial charge >= 0.3 is 0 Å². The third-order valence-corrected chi connectivity index (χ3v) is 2.40. The Morgan fingerprint density at radius 2 is 2.15 bits per heavy atom. The second-order valence-corrected chi connectivity index (χ2v) is 3.77. The molecule has 0 N–H and O–H groups in total. The van der Waals surface area contributed by atoms with Gasteiger partial charge in [0.15, 0.2) is 0 Å². The van der Waals surface area contributed by atoms with Crippen molar-refractivity contribution in [2.45, 2.75) is 26.7 Å². The van der Waals surface area contributed by atoms with Gasteiger partial charge in [0, 0.05) is 12.4 Å². The van der Waals surface area contributed by atoms with Crippen molar-refractivity contribution in [3.63, 3.8) is 0 Å². The zero-order chi connectivity index (χ0) is 9.42. The van der Waals surface area contributed by atoms with Crippen molar-refractivity contribution in [1.82, 2.24) is 9.61 Å². The van der Waals surface area contributed by atoms with E-state index in [4.69, 9.17) is 0 Å². The highest BCUT2D eigenvalue weighted by Gasteiger charge is 2.05. The summed E-state index contributed by atoms with van der Waals surface area (Å²) in [6, 6.07) is 4.21. The van der Waals surface area contributed by atoms with Gasteiger partial charge in [-0.1, -0.05) is 13.8 Å². The normalized spacial score (nSPS) is 11.4. The lowest BCUT2D eigenvalue weighted by molar-refractivity contribution is 0.825. The van der Waals surface area contributed by atoms with E-state index in [1.54, 1.807) is 0 Å². The van der Waals surface area contributed by atoms with E-state index in [-0.39, 0.29) is 0 Å². The average molecular weight is 174 g/mol. The lowest BCUT2D eigenvalue weighted by Gasteiger charge is -2.09. The number of hydrogen-bond donors (Lipinski definition) is 0. The number of aromatic nitrogens is 2. The fraction of sp³-hybridized carbons (Fsp3) is 0.364. The minimum absolute atomic E-state index is 0.564. The maximum Gasteiger partial charge on any atom is 0.0664 e. The van der Waals surface area contributed by atoms with E-state index in [1.807, 2.05) is 16.8 Å². The number of pyridine rings is 1. The SMILES string of the molecule is Cc1cc2ccnn2cc1C(C)C. The smallest absolute Gasteiger partial charge is 0.0664 e. The summed E-state index contributed by atoms with van der Waals surface area (Å²) in [6.45, 7) is 6.57. The summed E-state index contributed by atoms with van der Waals surface area (Å²) in [7, 11) is 0. The van der Waals surface area contributed by atoms with Crippen LogP contribution in [0.4, 0.5) is 0 Å². The van der Waals surface area contributed by atoms with Crippen LogP contribution in [0.15, 0.2) is 24.5 Å². The van der Waals surface area contributed by atoms with Gasteiger partial charge in [-0.15, -0.1) is 0 Å². The Kier molecular flexibility index (Phi) is 1.83. The summed E-state index contributed by atoms with van der Waals surface area (Å²) in [4.78, 5) is 0. The van der Waals surface area contributed by atoms with E-state index in [9.17, 15) is 0 Å². The Morgan fingerprint density at radius 1 is 1.38 bits per heavy atom. The number of rotatable bonds is 1. The highest BCUT2D eigenvalue weighted by Crippen LogP contribution is 2.19. The van der Waals surface area contributed by atoms with Crippen LogP contribution in [-0.2, 0) is 0 Å². The van der Waals surface area contributed by atoms with Crippen molar-refractivity contribution in [3.05, 3.63) is 35.7 Å². The van der Waals surface area contributed by atoms with Gasteiger partial charge in [-0.3, -0.25) is 0 Å². The molecule has 0 radical (unpaired) electrons. The molecule has 2 heterocycles. The predicted molar refractivity (Wildman–Crippen MR) is 54.0 cm³/mol. The minimum Gasteiger partial charge on any atom is -0.241 e. The van der Waals surface area contributed by atoms with Crippen LogP contribution in [0.25, 0.3) is 5.52 Å². The minimum atomic E-state index is 0.564. The summed E-state index contributed by atoms with van der Waals surface area (Å²) in [6.07, 6.45) is 3.95. The third kappa shape index (κ3) is 1.32. The number of nitrogens with zero attached hydrogens (tertiary/aromatic N) is 2. The molecule has 2 aromatic heterocycles. The lowest BCUT2D eigenvalue weighted by Crippen LogP contribution is -1.97. The molecule has 0 fully saturated rings. The first-order valence-electron chi connectivity index (χ1n) is 4.62. The van der Waals surface area contributed by atoms with Crippen molar-refractivity contribution in [2.75, 3.05) is 0 Å². The Bertz CT molecular complexity index is 427. The van der Waals surface area contributed by atoms with Crippen LogP contribution in [0.2, 0.25) is 0 Å². The van der Waals surface area contributed by atoms with Gasteiger partial charge in [-0.25, -0.2) is 4.52 Å². The molecular weight excluding hydrogens is 160 g/mol. The maximum atomic E-state index is 4.22. The van der Waals surface area contributed by atoms with E-state index >= 15 is 0 Å². The molecule has 2 aromatic rings. The largest absolute Gasteiger partial charge is 0.241 e. The first-order chi connectivity index (χ1) is 6.18. The summed E-state index contributed by atoms with van der Waals surface area (Å²) >= 11 is 0. The number of fused-ring (bicyclic) bond motifs is 1. The van der Waals surface area contributed by atoms with Crippen LogP contribution < -0.4 is 0 Å². The first kappa shape index (κ1) is 8.30. The van der Waals surface area contributed by atoms with Crippen molar-refractivity contribution < 1.29 is 0 Å². The summed E-state index contributed by atoms with van der Waals surface area (Å²) in [5.41, 5.74) is 3.89. The molecule has 0 bridgehead atoms. The average Bonchev–Trinajstić information content (AvgIpc) is 2.48. The predicted octanol–water partition coefficient (Wildman–Crippen LogP) is 2.77. The quantitative estimate of drug-likeness (QED) is 0.649. The molecule has 0 aliphatic heterocycles.